The Kier molecular flexibility index (Phi) is 5.27. The first-order chi connectivity index (χ1) is 11.6. The lowest BCUT2D eigenvalue weighted by Crippen LogP contribution is -2.12. The molecule has 0 bridgehead atoms. The fourth-order valence-electron chi connectivity index (χ4n) is 2.16. The molecule has 0 fully saturated rings. The van der Waals surface area contributed by atoms with Gasteiger partial charge in [-0.2, -0.15) is 0 Å². The largest absolute Gasteiger partial charge is 0.326 e. The standard InChI is InChI=1S/C18H16N2O2S2/c1-12(21)13-6-8-14(9-7-13)19-17(22)10-11-23-18-20-15-4-2-3-5-16(15)24-18/h2-9H,10-11H2,1H3,(H,19,22). The number of rotatable bonds is 6. The minimum atomic E-state index is -0.0424. The van der Waals surface area contributed by atoms with Crippen molar-refractivity contribution in [3.63, 3.8) is 0 Å². The van der Waals surface area contributed by atoms with E-state index in [2.05, 4.69) is 16.4 Å². The van der Waals surface area contributed by atoms with Crippen LogP contribution in [-0.2, 0) is 4.79 Å². The number of anilines is 1. The van der Waals surface area contributed by atoms with Gasteiger partial charge in [-0.25, -0.2) is 4.98 Å². The van der Waals surface area contributed by atoms with Crippen molar-refractivity contribution in [3.8, 4) is 0 Å². The highest BCUT2D eigenvalue weighted by Gasteiger charge is 2.07. The van der Waals surface area contributed by atoms with Crippen molar-refractivity contribution >= 4 is 50.7 Å². The third-order valence-electron chi connectivity index (χ3n) is 3.40. The minimum absolute atomic E-state index is 0.0140. The lowest BCUT2D eigenvalue weighted by atomic mass is 10.1. The zero-order valence-electron chi connectivity index (χ0n) is 13.1. The molecule has 0 unspecified atom stereocenters. The van der Waals surface area contributed by atoms with Gasteiger partial charge in [0.1, 0.15) is 0 Å². The van der Waals surface area contributed by atoms with Crippen molar-refractivity contribution in [2.75, 3.05) is 11.1 Å². The van der Waals surface area contributed by atoms with E-state index >= 15 is 0 Å². The fraction of sp³-hybridized carbons (Fsp3) is 0.167. The molecule has 0 aliphatic rings. The molecule has 1 N–H and O–H groups in total. The summed E-state index contributed by atoms with van der Waals surface area (Å²) in [4.78, 5) is 27.7. The number of hydrogen-bond acceptors (Lipinski definition) is 5. The summed E-state index contributed by atoms with van der Waals surface area (Å²) >= 11 is 3.24. The van der Waals surface area contributed by atoms with Gasteiger partial charge in [-0.3, -0.25) is 9.59 Å². The van der Waals surface area contributed by atoms with Crippen LogP contribution >= 0.6 is 23.1 Å². The van der Waals surface area contributed by atoms with Gasteiger partial charge in [0, 0.05) is 23.4 Å². The molecule has 0 aliphatic carbocycles. The monoisotopic (exact) mass is 356 g/mol. The number of carbonyl (C=O) groups is 2. The molecule has 24 heavy (non-hydrogen) atoms. The number of benzene rings is 2. The van der Waals surface area contributed by atoms with Crippen molar-refractivity contribution in [3.05, 3.63) is 54.1 Å². The Hall–Kier alpha value is -2.18. The summed E-state index contributed by atoms with van der Waals surface area (Å²) in [6.07, 6.45) is 0.412. The quantitative estimate of drug-likeness (QED) is 0.517. The first-order valence-corrected chi connectivity index (χ1v) is 9.31. The highest BCUT2D eigenvalue weighted by molar-refractivity contribution is 8.01. The SMILES string of the molecule is CC(=O)c1ccc(NC(=O)CCSc2nc3ccccc3s2)cc1. The van der Waals surface area contributed by atoms with E-state index < -0.39 is 0 Å². The number of nitrogens with one attached hydrogen (secondary N) is 1. The molecule has 0 saturated carbocycles. The van der Waals surface area contributed by atoms with Crippen LogP contribution in [0.25, 0.3) is 10.2 Å². The van der Waals surface area contributed by atoms with Crippen LogP contribution in [0.15, 0.2) is 52.9 Å². The Morgan fingerprint density at radius 3 is 2.58 bits per heavy atom. The van der Waals surface area contributed by atoms with Gasteiger partial charge in [-0.05, 0) is 43.3 Å². The average molecular weight is 356 g/mol. The number of thioether (sulfide) groups is 1. The Morgan fingerprint density at radius 1 is 1.12 bits per heavy atom. The zero-order chi connectivity index (χ0) is 16.9. The molecule has 4 nitrogen and oxygen atoms in total. The second-order valence-corrected chi connectivity index (χ2v) is 7.60. The van der Waals surface area contributed by atoms with E-state index in [4.69, 9.17) is 0 Å². The summed E-state index contributed by atoms with van der Waals surface area (Å²) in [6, 6.07) is 14.9. The molecule has 0 radical (unpaired) electrons. The number of para-hydroxylation sites is 1. The van der Waals surface area contributed by atoms with Gasteiger partial charge in [0.15, 0.2) is 10.1 Å². The lowest BCUT2D eigenvalue weighted by molar-refractivity contribution is -0.115. The molecule has 0 spiro atoms. The number of ketones is 1. The highest BCUT2D eigenvalue weighted by Crippen LogP contribution is 2.29. The molecule has 1 heterocycles. The van der Waals surface area contributed by atoms with Crippen molar-refractivity contribution in [1.29, 1.82) is 0 Å². The molecular weight excluding hydrogens is 340 g/mol. The van der Waals surface area contributed by atoms with E-state index in [1.54, 1.807) is 47.4 Å². The number of hydrogen-bond donors (Lipinski definition) is 1. The van der Waals surface area contributed by atoms with E-state index in [0.717, 1.165) is 14.6 Å². The summed E-state index contributed by atoms with van der Waals surface area (Å²) in [5.41, 5.74) is 2.34. The van der Waals surface area contributed by atoms with Crippen molar-refractivity contribution in [2.45, 2.75) is 17.7 Å². The van der Waals surface area contributed by atoms with E-state index in [1.165, 1.54) is 6.92 Å². The van der Waals surface area contributed by atoms with Gasteiger partial charge < -0.3 is 5.32 Å². The Labute approximate surface area is 148 Å². The van der Waals surface area contributed by atoms with Gasteiger partial charge in [-0.15, -0.1) is 11.3 Å². The van der Waals surface area contributed by atoms with E-state index in [0.29, 0.717) is 23.4 Å². The van der Waals surface area contributed by atoms with Crippen molar-refractivity contribution < 1.29 is 9.59 Å². The number of Topliss-reactive ketones (excluding diaryl/α,β-unsaturated/α-hetero) is 1. The van der Waals surface area contributed by atoms with Gasteiger partial charge in [0.2, 0.25) is 5.91 Å². The van der Waals surface area contributed by atoms with E-state index in [9.17, 15) is 9.59 Å². The topological polar surface area (TPSA) is 59.1 Å². The smallest absolute Gasteiger partial charge is 0.225 e. The van der Waals surface area contributed by atoms with Crippen molar-refractivity contribution in [1.82, 2.24) is 4.98 Å². The number of carbonyl (C=O) groups excluding carboxylic acids is 2. The number of nitrogens with zero attached hydrogens (tertiary/aromatic N) is 1. The molecule has 0 aliphatic heterocycles. The lowest BCUT2D eigenvalue weighted by Gasteiger charge is -2.05. The van der Waals surface area contributed by atoms with Gasteiger partial charge >= 0.3 is 0 Å². The Balaban J connectivity index is 1.49. The zero-order valence-corrected chi connectivity index (χ0v) is 14.7. The minimum Gasteiger partial charge on any atom is -0.326 e. The predicted molar refractivity (Wildman–Crippen MR) is 100 cm³/mol. The first-order valence-electron chi connectivity index (χ1n) is 7.51. The molecule has 3 aromatic rings. The number of amides is 1. The number of thiazole rings is 1. The summed E-state index contributed by atoms with van der Waals surface area (Å²) in [5, 5.41) is 2.84. The van der Waals surface area contributed by atoms with Crippen LogP contribution in [0.2, 0.25) is 0 Å². The molecule has 1 amide bonds. The average Bonchev–Trinajstić information content (AvgIpc) is 2.98. The maximum absolute atomic E-state index is 12.0. The van der Waals surface area contributed by atoms with E-state index in [1.807, 2.05) is 18.2 Å². The fourth-order valence-corrected chi connectivity index (χ4v) is 4.23. The predicted octanol–water partition coefficient (Wildman–Crippen LogP) is 4.62. The van der Waals surface area contributed by atoms with Gasteiger partial charge in [0.25, 0.3) is 0 Å². The molecule has 3 rings (SSSR count). The summed E-state index contributed by atoms with van der Waals surface area (Å²) in [5.74, 6) is 0.649. The van der Waals surface area contributed by atoms with Crippen LogP contribution in [-0.4, -0.2) is 22.4 Å². The molecule has 1 aromatic heterocycles. The Morgan fingerprint density at radius 2 is 1.88 bits per heavy atom. The van der Waals surface area contributed by atoms with Crippen LogP contribution < -0.4 is 5.32 Å². The van der Waals surface area contributed by atoms with Crippen LogP contribution in [0, 0.1) is 0 Å². The van der Waals surface area contributed by atoms with E-state index in [-0.39, 0.29) is 11.7 Å². The van der Waals surface area contributed by atoms with Crippen LogP contribution in [0.4, 0.5) is 5.69 Å². The van der Waals surface area contributed by atoms with Gasteiger partial charge in [-0.1, -0.05) is 23.9 Å². The number of aromatic nitrogens is 1. The second kappa shape index (κ2) is 7.59. The summed E-state index contributed by atoms with van der Waals surface area (Å²) in [7, 11) is 0. The summed E-state index contributed by atoms with van der Waals surface area (Å²) in [6.45, 7) is 1.52. The summed E-state index contributed by atoms with van der Waals surface area (Å²) < 4.78 is 2.14. The van der Waals surface area contributed by atoms with Gasteiger partial charge in [0.05, 0.1) is 10.2 Å². The molecule has 0 saturated heterocycles. The molecular formula is C18H16N2O2S2. The number of fused-ring (bicyclic) bond motifs is 1. The molecule has 2 aromatic carbocycles. The Bertz CT molecular complexity index is 839. The third kappa shape index (κ3) is 4.21. The van der Waals surface area contributed by atoms with Crippen LogP contribution in [0.5, 0.6) is 0 Å². The molecule has 0 atom stereocenters. The van der Waals surface area contributed by atoms with Crippen LogP contribution in [0.3, 0.4) is 0 Å². The molecule has 6 heteroatoms. The first kappa shape index (κ1) is 16.7. The van der Waals surface area contributed by atoms with Crippen LogP contribution in [0.1, 0.15) is 23.7 Å². The normalized spacial score (nSPS) is 10.7. The second-order valence-electron chi connectivity index (χ2n) is 5.23. The molecule has 122 valence electrons. The highest BCUT2D eigenvalue weighted by atomic mass is 32.2. The maximum Gasteiger partial charge on any atom is 0.225 e. The maximum atomic E-state index is 12.0. The third-order valence-corrected chi connectivity index (χ3v) is 5.59. The van der Waals surface area contributed by atoms with Crippen molar-refractivity contribution in [2.24, 2.45) is 0 Å².